The summed E-state index contributed by atoms with van der Waals surface area (Å²) in [6, 6.07) is 0.315. The molecule has 2 amide bonds. The molecular weight excluding hydrogens is 218 g/mol. The van der Waals surface area contributed by atoms with Crippen molar-refractivity contribution >= 4 is 11.8 Å². The van der Waals surface area contributed by atoms with E-state index >= 15 is 0 Å². The summed E-state index contributed by atoms with van der Waals surface area (Å²) in [5.74, 6) is 0.184. The molecule has 1 heterocycles. The molecule has 1 saturated heterocycles. The Hall–Kier alpha value is -1.10. The number of carbonyl (C=O) groups excluding carboxylic acids is 2. The fourth-order valence-corrected chi connectivity index (χ4v) is 1.90. The molecule has 17 heavy (non-hydrogen) atoms. The van der Waals surface area contributed by atoms with Gasteiger partial charge in [-0.1, -0.05) is 13.8 Å². The van der Waals surface area contributed by atoms with Crippen LogP contribution in [-0.2, 0) is 9.59 Å². The van der Waals surface area contributed by atoms with Gasteiger partial charge in [0.05, 0.1) is 6.54 Å². The van der Waals surface area contributed by atoms with Crippen molar-refractivity contribution in [1.82, 2.24) is 15.5 Å². The van der Waals surface area contributed by atoms with Crippen LogP contribution in [0, 0.1) is 0 Å². The molecule has 0 aromatic rings. The van der Waals surface area contributed by atoms with Crippen molar-refractivity contribution in [3.63, 3.8) is 0 Å². The second-order valence-corrected chi connectivity index (χ2v) is 4.95. The third-order valence-corrected chi connectivity index (χ3v) is 2.74. The zero-order chi connectivity index (χ0) is 12.8. The zero-order valence-electron chi connectivity index (χ0n) is 11.0. The molecule has 2 N–H and O–H groups in total. The van der Waals surface area contributed by atoms with Gasteiger partial charge in [0.1, 0.15) is 0 Å². The van der Waals surface area contributed by atoms with Gasteiger partial charge in [0.2, 0.25) is 11.8 Å². The van der Waals surface area contributed by atoms with Crippen LogP contribution < -0.4 is 10.6 Å². The number of carbonyl (C=O) groups is 2. The first-order chi connectivity index (χ1) is 7.99. The molecule has 0 aromatic carbocycles. The molecule has 1 unspecified atom stereocenters. The van der Waals surface area contributed by atoms with Crippen LogP contribution in [0.1, 0.15) is 33.6 Å². The Morgan fingerprint density at radius 3 is 2.65 bits per heavy atom. The van der Waals surface area contributed by atoms with E-state index in [9.17, 15) is 9.59 Å². The number of hydrogen-bond acceptors (Lipinski definition) is 3. The van der Waals surface area contributed by atoms with E-state index in [1.54, 1.807) is 0 Å². The smallest absolute Gasteiger partial charge is 0.234 e. The molecule has 0 saturated carbocycles. The Labute approximate surface area is 103 Å². The van der Waals surface area contributed by atoms with E-state index in [0.29, 0.717) is 25.6 Å². The van der Waals surface area contributed by atoms with Gasteiger partial charge in [-0.2, -0.15) is 0 Å². The monoisotopic (exact) mass is 241 g/mol. The summed E-state index contributed by atoms with van der Waals surface area (Å²) >= 11 is 0. The molecule has 1 aliphatic rings. The number of likely N-dealkylation sites (tertiary alicyclic amines) is 1. The minimum atomic E-state index is -0.0159. The third kappa shape index (κ3) is 5.17. The van der Waals surface area contributed by atoms with Gasteiger partial charge >= 0.3 is 0 Å². The fraction of sp³-hybridized carbons (Fsp3) is 0.833. The highest BCUT2D eigenvalue weighted by atomic mass is 16.2. The van der Waals surface area contributed by atoms with Crippen molar-refractivity contribution < 1.29 is 9.59 Å². The van der Waals surface area contributed by atoms with Gasteiger partial charge in [-0.05, 0) is 13.3 Å². The van der Waals surface area contributed by atoms with E-state index in [-0.39, 0.29) is 17.9 Å². The van der Waals surface area contributed by atoms with Gasteiger partial charge in [0.25, 0.3) is 0 Å². The van der Waals surface area contributed by atoms with Crippen LogP contribution in [0.15, 0.2) is 0 Å². The first-order valence-corrected chi connectivity index (χ1v) is 6.29. The number of nitrogens with one attached hydrogen (secondary N) is 2. The van der Waals surface area contributed by atoms with Crippen LogP contribution in [0.3, 0.4) is 0 Å². The molecule has 1 atom stereocenters. The Morgan fingerprint density at radius 1 is 1.41 bits per heavy atom. The van der Waals surface area contributed by atoms with Crippen LogP contribution >= 0.6 is 0 Å². The summed E-state index contributed by atoms with van der Waals surface area (Å²) in [7, 11) is 0. The molecule has 0 spiro atoms. The molecule has 5 heteroatoms. The molecule has 0 radical (unpaired) electrons. The van der Waals surface area contributed by atoms with Gasteiger partial charge in [-0.25, -0.2) is 0 Å². The van der Waals surface area contributed by atoms with E-state index in [4.69, 9.17) is 0 Å². The van der Waals surface area contributed by atoms with Crippen LogP contribution in [0.5, 0.6) is 0 Å². The Morgan fingerprint density at radius 2 is 2.12 bits per heavy atom. The lowest BCUT2D eigenvalue weighted by molar-refractivity contribution is -0.128. The molecule has 0 aromatic heterocycles. The largest absolute Gasteiger partial charge is 0.351 e. The summed E-state index contributed by atoms with van der Waals surface area (Å²) in [6.07, 6.45) is 1.59. The maximum absolute atomic E-state index is 11.5. The van der Waals surface area contributed by atoms with Crippen molar-refractivity contribution in [2.24, 2.45) is 0 Å². The molecule has 1 fully saturated rings. The minimum Gasteiger partial charge on any atom is -0.351 e. The van der Waals surface area contributed by atoms with Crippen LogP contribution in [0.4, 0.5) is 0 Å². The van der Waals surface area contributed by atoms with Gasteiger partial charge in [-0.15, -0.1) is 0 Å². The lowest BCUT2D eigenvalue weighted by Gasteiger charge is -2.22. The average Bonchev–Trinajstić information content (AvgIpc) is 2.61. The topological polar surface area (TPSA) is 61.4 Å². The zero-order valence-corrected chi connectivity index (χ0v) is 11.0. The van der Waals surface area contributed by atoms with Gasteiger partial charge in [0, 0.05) is 31.6 Å². The number of hydrogen-bond donors (Lipinski definition) is 2. The number of rotatable bonds is 6. The van der Waals surface area contributed by atoms with Gasteiger partial charge in [-0.3, -0.25) is 9.59 Å². The van der Waals surface area contributed by atoms with E-state index in [2.05, 4.69) is 10.6 Å². The second-order valence-electron chi connectivity index (χ2n) is 4.95. The maximum Gasteiger partial charge on any atom is 0.234 e. The van der Waals surface area contributed by atoms with Crippen molar-refractivity contribution in [3.8, 4) is 0 Å². The summed E-state index contributed by atoms with van der Waals surface area (Å²) in [4.78, 5) is 24.8. The highest BCUT2D eigenvalue weighted by molar-refractivity contribution is 5.79. The van der Waals surface area contributed by atoms with Gasteiger partial charge < -0.3 is 15.5 Å². The van der Waals surface area contributed by atoms with Crippen molar-refractivity contribution in [2.45, 2.75) is 45.7 Å². The summed E-state index contributed by atoms with van der Waals surface area (Å²) in [6.45, 7) is 7.70. The lowest BCUT2D eigenvalue weighted by atomic mass is 10.3. The second kappa shape index (κ2) is 6.59. The SMILES string of the molecule is CC(C)NCC(=O)NC(C)CN1CCCC1=O. The molecule has 98 valence electrons. The van der Waals surface area contributed by atoms with Crippen LogP contribution in [-0.4, -0.2) is 48.4 Å². The van der Waals surface area contributed by atoms with Crippen molar-refractivity contribution in [3.05, 3.63) is 0 Å². The van der Waals surface area contributed by atoms with Crippen molar-refractivity contribution in [1.29, 1.82) is 0 Å². The Kier molecular flexibility index (Phi) is 5.41. The van der Waals surface area contributed by atoms with E-state index in [1.807, 2.05) is 25.7 Å². The highest BCUT2D eigenvalue weighted by Crippen LogP contribution is 2.09. The van der Waals surface area contributed by atoms with E-state index in [0.717, 1.165) is 13.0 Å². The highest BCUT2D eigenvalue weighted by Gasteiger charge is 2.22. The summed E-state index contributed by atoms with van der Waals surface area (Å²) < 4.78 is 0. The molecule has 0 aliphatic carbocycles. The first kappa shape index (κ1) is 14.0. The fourth-order valence-electron chi connectivity index (χ4n) is 1.90. The number of amides is 2. The van der Waals surface area contributed by atoms with Crippen molar-refractivity contribution in [2.75, 3.05) is 19.6 Å². The quantitative estimate of drug-likeness (QED) is 0.694. The molecule has 0 bridgehead atoms. The van der Waals surface area contributed by atoms with Crippen LogP contribution in [0.25, 0.3) is 0 Å². The Bertz CT molecular complexity index is 279. The molecule has 1 rings (SSSR count). The minimum absolute atomic E-state index is 0.0125. The molecule has 5 nitrogen and oxygen atoms in total. The average molecular weight is 241 g/mol. The first-order valence-electron chi connectivity index (χ1n) is 6.29. The molecule has 1 aliphatic heterocycles. The predicted molar refractivity (Wildman–Crippen MR) is 66.6 cm³/mol. The Balaban J connectivity index is 2.21. The van der Waals surface area contributed by atoms with E-state index in [1.165, 1.54) is 0 Å². The van der Waals surface area contributed by atoms with E-state index < -0.39 is 0 Å². The third-order valence-electron chi connectivity index (χ3n) is 2.74. The summed E-state index contributed by atoms with van der Waals surface area (Å²) in [5, 5.41) is 5.95. The predicted octanol–water partition coefficient (Wildman–Crippen LogP) is 0.112. The standard InChI is InChI=1S/C12H23N3O2/c1-9(2)13-7-11(16)14-10(3)8-15-6-4-5-12(15)17/h9-10,13H,4-8H2,1-3H3,(H,14,16). The lowest BCUT2D eigenvalue weighted by Crippen LogP contribution is -2.46. The molecular formula is C12H23N3O2. The number of nitrogens with zero attached hydrogens (tertiary/aromatic N) is 1. The summed E-state index contributed by atoms with van der Waals surface area (Å²) in [5.41, 5.74) is 0. The maximum atomic E-state index is 11.5. The van der Waals surface area contributed by atoms with Gasteiger partial charge in [0.15, 0.2) is 0 Å². The van der Waals surface area contributed by atoms with Crippen LogP contribution in [0.2, 0.25) is 0 Å². The normalized spacial score (nSPS) is 17.6.